The second-order valence-corrected chi connectivity index (χ2v) is 4.04. The van der Waals surface area contributed by atoms with Crippen molar-refractivity contribution in [2.24, 2.45) is 0 Å². The highest BCUT2D eigenvalue weighted by molar-refractivity contribution is 9.10. The predicted molar refractivity (Wildman–Crippen MR) is 51.1 cm³/mol. The topological polar surface area (TPSA) is 37.3 Å². The second-order valence-electron chi connectivity index (χ2n) is 3.18. The third-order valence-electron chi connectivity index (χ3n) is 1.94. The number of carboxylic acid groups (broad SMARTS) is 1. The van der Waals surface area contributed by atoms with Crippen LogP contribution in [0, 0.1) is 0 Å². The summed E-state index contributed by atoms with van der Waals surface area (Å²) in [5.41, 5.74) is -4.68. The van der Waals surface area contributed by atoms with Gasteiger partial charge in [-0.2, -0.15) is 26.3 Å². The molecule has 0 aromatic heterocycles. The fourth-order valence-electron chi connectivity index (χ4n) is 1.21. The fourth-order valence-corrected chi connectivity index (χ4v) is 1.84. The molecule has 0 heterocycles. The smallest absolute Gasteiger partial charge is 0.417 e. The lowest BCUT2D eigenvalue weighted by Crippen LogP contribution is -2.16. The van der Waals surface area contributed by atoms with Crippen molar-refractivity contribution in [1.29, 1.82) is 0 Å². The first-order valence-corrected chi connectivity index (χ1v) is 4.95. The lowest BCUT2D eigenvalue weighted by atomic mass is 10.0. The first-order valence-electron chi connectivity index (χ1n) is 4.16. The first kappa shape index (κ1) is 14.8. The SMILES string of the molecule is O=C(O)c1c(Br)cc(C(F)(F)F)cc1C(F)(F)F. The highest BCUT2D eigenvalue weighted by Crippen LogP contribution is 2.40. The van der Waals surface area contributed by atoms with Crippen LogP contribution in [0.5, 0.6) is 0 Å². The van der Waals surface area contributed by atoms with Crippen molar-refractivity contribution in [2.75, 3.05) is 0 Å². The number of carboxylic acids is 1. The van der Waals surface area contributed by atoms with Gasteiger partial charge in [-0.3, -0.25) is 0 Å². The molecular weight excluding hydrogens is 334 g/mol. The van der Waals surface area contributed by atoms with Crippen LogP contribution >= 0.6 is 15.9 Å². The number of alkyl halides is 6. The van der Waals surface area contributed by atoms with Crippen molar-refractivity contribution >= 4 is 21.9 Å². The van der Waals surface area contributed by atoms with Gasteiger partial charge in [-0.15, -0.1) is 0 Å². The zero-order valence-corrected chi connectivity index (χ0v) is 9.74. The average Bonchev–Trinajstić information content (AvgIpc) is 2.12. The summed E-state index contributed by atoms with van der Waals surface area (Å²) < 4.78 is 73.7. The third kappa shape index (κ3) is 2.95. The van der Waals surface area contributed by atoms with Gasteiger partial charge < -0.3 is 5.11 Å². The van der Waals surface area contributed by atoms with E-state index >= 15 is 0 Å². The highest BCUT2D eigenvalue weighted by atomic mass is 79.9. The van der Waals surface area contributed by atoms with Crippen LogP contribution in [0.15, 0.2) is 16.6 Å². The van der Waals surface area contributed by atoms with E-state index in [2.05, 4.69) is 15.9 Å². The van der Waals surface area contributed by atoms with E-state index in [1.54, 1.807) is 0 Å². The average molecular weight is 337 g/mol. The van der Waals surface area contributed by atoms with Crippen molar-refractivity contribution in [3.05, 3.63) is 33.3 Å². The number of benzene rings is 1. The van der Waals surface area contributed by atoms with E-state index < -0.39 is 39.5 Å². The number of hydrogen-bond donors (Lipinski definition) is 1. The zero-order valence-electron chi connectivity index (χ0n) is 8.16. The Morgan fingerprint density at radius 1 is 1.06 bits per heavy atom. The van der Waals surface area contributed by atoms with Gasteiger partial charge in [0.25, 0.3) is 0 Å². The van der Waals surface area contributed by atoms with Crippen molar-refractivity contribution in [3.8, 4) is 0 Å². The Hall–Kier alpha value is -1.25. The van der Waals surface area contributed by atoms with Crippen molar-refractivity contribution in [2.45, 2.75) is 12.4 Å². The molecule has 100 valence electrons. The summed E-state index contributed by atoms with van der Waals surface area (Å²) in [6.45, 7) is 0. The number of carbonyl (C=O) groups is 1. The Kier molecular flexibility index (Phi) is 3.66. The molecule has 0 unspecified atom stereocenters. The fraction of sp³-hybridized carbons (Fsp3) is 0.222. The summed E-state index contributed by atoms with van der Waals surface area (Å²) >= 11 is 2.40. The maximum Gasteiger partial charge on any atom is 0.417 e. The Labute approximate surface area is 104 Å². The molecule has 1 N–H and O–H groups in total. The Morgan fingerprint density at radius 3 is 1.89 bits per heavy atom. The summed E-state index contributed by atoms with van der Waals surface area (Å²) in [7, 11) is 0. The molecule has 1 rings (SSSR count). The van der Waals surface area contributed by atoms with E-state index in [-0.39, 0.29) is 6.07 Å². The van der Waals surface area contributed by atoms with Gasteiger partial charge in [0.05, 0.1) is 16.7 Å². The molecule has 0 saturated carbocycles. The maximum absolute atomic E-state index is 12.5. The lowest BCUT2D eigenvalue weighted by Gasteiger charge is -2.15. The van der Waals surface area contributed by atoms with Crippen molar-refractivity contribution < 1.29 is 36.2 Å². The van der Waals surface area contributed by atoms with Gasteiger partial charge in [-0.25, -0.2) is 4.79 Å². The van der Waals surface area contributed by atoms with Gasteiger partial charge in [0.2, 0.25) is 0 Å². The van der Waals surface area contributed by atoms with E-state index in [0.29, 0.717) is 6.07 Å². The van der Waals surface area contributed by atoms with Gasteiger partial charge >= 0.3 is 18.3 Å². The Morgan fingerprint density at radius 2 is 1.56 bits per heavy atom. The molecule has 2 nitrogen and oxygen atoms in total. The van der Waals surface area contributed by atoms with Gasteiger partial charge in [-0.1, -0.05) is 0 Å². The number of rotatable bonds is 1. The second kappa shape index (κ2) is 4.45. The number of aromatic carboxylic acids is 1. The highest BCUT2D eigenvalue weighted by Gasteiger charge is 2.40. The molecule has 0 saturated heterocycles. The van der Waals surface area contributed by atoms with Crippen LogP contribution in [0.2, 0.25) is 0 Å². The molecule has 9 heteroatoms. The Bertz CT molecular complexity index is 491. The van der Waals surface area contributed by atoms with Gasteiger partial charge in [0.15, 0.2) is 0 Å². The third-order valence-corrected chi connectivity index (χ3v) is 2.56. The quantitative estimate of drug-likeness (QED) is 0.781. The molecule has 0 bridgehead atoms. The molecule has 0 spiro atoms. The molecule has 0 radical (unpaired) electrons. The van der Waals surface area contributed by atoms with Gasteiger partial charge in [0.1, 0.15) is 0 Å². The first-order chi connectivity index (χ1) is 7.94. The van der Waals surface area contributed by atoms with Gasteiger partial charge in [-0.05, 0) is 28.1 Å². The van der Waals surface area contributed by atoms with Crippen LogP contribution in [0.1, 0.15) is 21.5 Å². The lowest BCUT2D eigenvalue weighted by molar-refractivity contribution is -0.143. The molecule has 1 aromatic carbocycles. The summed E-state index contributed by atoms with van der Waals surface area (Å²) in [6.07, 6.45) is -10.2. The van der Waals surface area contributed by atoms with Crippen LogP contribution in [0.4, 0.5) is 26.3 Å². The molecular formula is C9H3BrF6O2. The molecule has 0 fully saturated rings. The number of hydrogen-bond acceptors (Lipinski definition) is 1. The molecule has 0 aliphatic heterocycles. The molecule has 0 aliphatic carbocycles. The van der Waals surface area contributed by atoms with Crippen LogP contribution in [-0.2, 0) is 12.4 Å². The van der Waals surface area contributed by atoms with Crippen LogP contribution < -0.4 is 0 Å². The molecule has 0 atom stereocenters. The van der Waals surface area contributed by atoms with E-state index in [1.807, 2.05) is 0 Å². The summed E-state index contributed by atoms with van der Waals surface area (Å²) in [5, 5.41) is 8.59. The minimum absolute atomic E-state index is 0.228. The van der Waals surface area contributed by atoms with E-state index in [1.165, 1.54) is 0 Å². The largest absolute Gasteiger partial charge is 0.478 e. The predicted octanol–water partition coefficient (Wildman–Crippen LogP) is 4.18. The normalized spacial score (nSPS) is 12.6. The standard InChI is InChI=1S/C9H3BrF6O2/c10-5-2-3(8(11,12)13)1-4(9(14,15)16)6(5)7(17)18/h1-2H,(H,17,18). The zero-order chi connectivity index (χ0) is 14.3. The van der Waals surface area contributed by atoms with E-state index in [0.717, 1.165) is 0 Å². The van der Waals surface area contributed by atoms with Crippen molar-refractivity contribution in [1.82, 2.24) is 0 Å². The Balaban J connectivity index is 3.64. The van der Waals surface area contributed by atoms with Crippen LogP contribution in [0.3, 0.4) is 0 Å². The minimum atomic E-state index is -5.20. The van der Waals surface area contributed by atoms with Crippen LogP contribution in [0.25, 0.3) is 0 Å². The van der Waals surface area contributed by atoms with Gasteiger partial charge in [0, 0.05) is 4.47 Å². The summed E-state index contributed by atoms with van der Waals surface area (Å²) in [4.78, 5) is 10.6. The van der Waals surface area contributed by atoms with Crippen molar-refractivity contribution in [3.63, 3.8) is 0 Å². The monoisotopic (exact) mass is 336 g/mol. The molecule has 0 amide bonds. The molecule has 18 heavy (non-hydrogen) atoms. The summed E-state index contributed by atoms with van der Waals surface area (Å²) in [5.74, 6) is -1.97. The van der Waals surface area contributed by atoms with E-state index in [4.69, 9.17) is 5.11 Å². The van der Waals surface area contributed by atoms with Crippen LogP contribution in [-0.4, -0.2) is 11.1 Å². The molecule has 1 aromatic rings. The minimum Gasteiger partial charge on any atom is -0.478 e. The maximum atomic E-state index is 12.5. The molecule has 0 aliphatic rings. The summed E-state index contributed by atoms with van der Waals surface area (Å²) in [6, 6.07) is 0.0624. The number of halogens is 7. The van der Waals surface area contributed by atoms with E-state index in [9.17, 15) is 31.1 Å².